The Kier molecular flexibility index (Phi) is 3.12. The summed E-state index contributed by atoms with van der Waals surface area (Å²) in [6, 6.07) is -0.634. The van der Waals surface area contributed by atoms with Crippen molar-refractivity contribution in [2.45, 2.75) is 33.1 Å². The standard InChI is InChI=1S/C10H16N2O3/c1-4-6-10(5-2)7(13)11-9(15)12(3)8(10)14/h4-6H2,1-3H3,(H,11,13,15). The van der Waals surface area contributed by atoms with Gasteiger partial charge in [-0.2, -0.15) is 0 Å². The maximum Gasteiger partial charge on any atom is 0.330 e. The van der Waals surface area contributed by atoms with Crippen LogP contribution >= 0.6 is 0 Å². The van der Waals surface area contributed by atoms with Gasteiger partial charge in [-0.3, -0.25) is 19.8 Å². The van der Waals surface area contributed by atoms with Gasteiger partial charge in [0.15, 0.2) is 0 Å². The fourth-order valence-corrected chi connectivity index (χ4v) is 1.95. The van der Waals surface area contributed by atoms with E-state index < -0.39 is 17.4 Å². The van der Waals surface area contributed by atoms with E-state index in [1.807, 2.05) is 6.92 Å². The molecule has 5 nitrogen and oxygen atoms in total. The van der Waals surface area contributed by atoms with Gasteiger partial charge >= 0.3 is 6.03 Å². The molecular weight excluding hydrogens is 196 g/mol. The number of urea groups is 1. The van der Waals surface area contributed by atoms with Gasteiger partial charge in [-0.25, -0.2) is 4.79 Å². The largest absolute Gasteiger partial charge is 0.330 e. The Morgan fingerprint density at radius 1 is 1.27 bits per heavy atom. The molecule has 4 amide bonds. The molecule has 84 valence electrons. The van der Waals surface area contributed by atoms with Crippen molar-refractivity contribution < 1.29 is 14.4 Å². The Balaban J connectivity index is 3.09. The molecule has 1 rings (SSSR count). The second-order valence-corrected chi connectivity index (χ2v) is 3.81. The lowest BCUT2D eigenvalue weighted by Gasteiger charge is -2.37. The summed E-state index contributed by atoms with van der Waals surface area (Å²) in [6.07, 6.45) is 1.63. The van der Waals surface area contributed by atoms with Crippen LogP contribution in [0.25, 0.3) is 0 Å². The molecule has 0 aromatic heterocycles. The molecule has 0 bridgehead atoms. The van der Waals surface area contributed by atoms with Gasteiger partial charge in [0.1, 0.15) is 5.41 Å². The van der Waals surface area contributed by atoms with E-state index in [0.29, 0.717) is 12.8 Å². The number of nitrogens with zero attached hydrogens (tertiary/aromatic N) is 1. The van der Waals surface area contributed by atoms with E-state index in [0.717, 1.165) is 11.3 Å². The number of carbonyl (C=O) groups excluding carboxylic acids is 3. The van der Waals surface area contributed by atoms with Crippen LogP contribution in [0.1, 0.15) is 33.1 Å². The Labute approximate surface area is 88.8 Å². The quantitative estimate of drug-likeness (QED) is 0.706. The van der Waals surface area contributed by atoms with Crippen LogP contribution in [0.5, 0.6) is 0 Å². The molecule has 1 heterocycles. The van der Waals surface area contributed by atoms with Crippen molar-refractivity contribution in [3.63, 3.8) is 0 Å². The number of hydrogen-bond donors (Lipinski definition) is 1. The van der Waals surface area contributed by atoms with E-state index in [4.69, 9.17) is 0 Å². The summed E-state index contributed by atoms with van der Waals surface area (Å²) in [4.78, 5) is 35.8. The van der Waals surface area contributed by atoms with Gasteiger partial charge in [0.2, 0.25) is 11.8 Å². The zero-order valence-electron chi connectivity index (χ0n) is 9.29. The Hall–Kier alpha value is -1.39. The van der Waals surface area contributed by atoms with Crippen molar-refractivity contribution >= 4 is 17.8 Å². The molecule has 1 N–H and O–H groups in total. The highest BCUT2D eigenvalue weighted by Gasteiger charge is 2.50. The van der Waals surface area contributed by atoms with Gasteiger partial charge in [0, 0.05) is 7.05 Å². The molecule has 1 fully saturated rings. The SMILES string of the molecule is CCCC1(CC)C(=O)NC(=O)N(C)C1=O. The van der Waals surface area contributed by atoms with E-state index in [-0.39, 0.29) is 5.91 Å². The van der Waals surface area contributed by atoms with Gasteiger partial charge in [-0.05, 0) is 12.8 Å². The maximum absolute atomic E-state index is 11.9. The number of carbonyl (C=O) groups is 3. The average Bonchev–Trinajstić information content (AvgIpc) is 2.21. The highest BCUT2D eigenvalue weighted by molar-refractivity contribution is 6.18. The predicted octanol–water partition coefficient (Wildman–Crippen LogP) is 0.891. The van der Waals surface area contributed by atoms with Gasteiger partial charge in [0.05, 0.1) is 0 Å². The molecule has 15 heavy (non-hydrogen) atoms. The smallest absolute Gasteiger partial charge is 0.277 e. The molecule has 1 aliphatic heterocycles. The molecule has 0 saturated carbocycles. The molecule has 0 aromatic carbocycles. The highest BCUT2D eigenvalue weighted by atomic mass is 16.2. The molecule has 5 heteroatoms. The summed E-state index contributed by atoms with van der Waals surface area (Å²) in [6.45, 7) is 3.70. The number of amides is 4. The van der Waals surface area contributed by atoms with Gasteiger partial charge in [0.25, 0.3) is 0 Å². The fraction of sp³-hybridized carbons (Fsp3) is 0.700. The topological polar surface area (TPSA) is 66.5 Å². The fourth-order valence-electron chi connectivity index (χ4n) is 1.95. The summed E-state index contributed by atoms with van der Waals surface area (Å²) in [5, 5.41) is 2.21. The summed E-state index contributed by atoms with van der Waals surface area (Å²) in [5.41, 5.74) is -1.04. The molecular formula is C10H16N2O3. The van der Waals surface area contributed by atoms with E-state index >= 15 is 0 Å². The summed E-state index contributed by atoms with van der Waals surface area (Å²) >= 11 is 0. The van der Waals surface area contributed by atoms with Crippen molar-refractivity contribution in [2.75, 3.05) is 7.05 Å². The number of hydrogen-bond acceptors (Lipinski definition) is 3. The van der Waals surface area contributed by atoms with Crippen LogP contribution < -0.4 is 5.32 Å². The lowest BCUT2D eigenvalue weighted by molar-refractivity contribution is -0.151. The second kappa shape index (κ2) is 4.00. The zero-order valence-corrected chi connectivity index (χ0v) is 9.29. The number of imide groups is 2. The van der Waals surface area contributed by atoms with Crippen molar-refractivity contribution in [1.29, 1.82) is 0 Å². The monoisotopic (exact) mass is 212 g/mol. The lowest BCUT2D eigenvalue weighted by Crippen LogP contribution is -2.62. The Morgan fingerprint density at radius 3 is 2.33 bits per heavy atom. The Bertz CT molecular complexity index is 314. The summed E-state index contributed by atoms with van der Waals surface area (Å²) in [5.74, 6) is -0.847. The van der Waals surface area contributed by atoms with Crippen LogP contribution in [-0.4, -0.2) is 29.8 Å². The van der Waals surface area contributed by atoms with Gasteiger partial charge in [-0.15, -0.1) is 0 Å². The normalized spacial score (nSPS) is 26.9. The molecule has 1 saturated heterocycles. The third-order valence-electron chi connectivity index (χ3n) is 2.95. The molecule has 1 unspecified atom stereocenters. The minimum absolute atomic E-state index is 0.388. The minimum atomic E-state index is -1.04. The first kappa shape index (κ1) is 11.7. The Morgan fingerprint density at radius 2 is 1.87 bits per heavy atom. The second-order valence-electron chi connectivity index (χ2n) is 3.81. The van der Waals surface area contributed by atoms with Gasteiger partial charge < -0.3 is 0 Å². The van der Waals surface area contributed by atoms with Gasteiger partial charge in [-0.1, -0.05) is 20.3 Å². The molecule has 0 spiro atoms. The van der Waals surface area contributed by atoms with Crippen LogP contribution in [0.2, 0.25) is 0 Å². The third kappa shape index (κ3) is 1.62. The van der Waals surface area contributed by atoms with Crippen LogP contribution in [0.3, 0.4) is 0 Å². The first-order valence-corrected chi connectivity index (χ1v) is 5.13. The first-order valence-electron chi connectivity index (χ1n) is 5.13. The maximum atomic E-state index is 11.9. The number of barbiturate groups is 1. The first-order chi connectivity index (χ1) is 6.99. The van der Waals surface area contributed by atoms with Crippen molar-refractivity contribution in [2.24, 2.45) is 5.41 Å². The highest BCUT2D eigenvalue weighted by Crippen LogP contribution is 2.33. The van der Waals surface area contributed by atoms with E-state index in [1.165, 1.54) is 7.05 Å². The predicted molar refractivity (Wildman–Crippen MR) is 53.9 cm³/mol. The molecule has 0 aromatic rings. The van der Waals surface area contributed by atoms with E-state index in [2.05, 4.69) is 5.32 Å². The third-order valence-corrected chi connectivity index (χ3v) is 2.95. The van der Waals surface area contributed by atoms with E-state index in [9.17, 15) is 14.4 Å². The van der Waals surface area contributed by atoms with Crippen LogP contribution in [-0.2, 0) is 9.59 Å². The number of rotatable bonds is 3. The summed E-state index contributed by atoms with van der Waals surface area (Å²) in [7, 11) is 1.39. The number of nitrogens with one attached hydrogen (secondary N) is 1. The van der Waals surface area contributed by atoms with Crippen molar-refractivity contribution in [3.05, 3.63) is 0 Å². The van der Waals surface area contributed by atoms with Crippen LogP contribution in [0.4, 0.5) is 4.79 Å². The van der Waals surface area contributed by atoms with Crippen molar-refractivity contribution in [1.82, 2.24) is 10.2 Å². The summed E-state index contributed by atoms with van der Waals surface area (Å²) < 4.78 is 0. The molecule has 1 atom stereocenters. The lowest BCUT2D eigenvalue weighted by atomic mass is 9.77. The van der Waals surface area contributed by atoms with E-state index in [1.54, 1.807) is 6.92 Å². The van der Waals surface area contributed by atoms with Crippen LogP contribution in [0, 0.1) is 5.41 Å². The molecule has 1 aliphatic rings. The molecule has 0 radical (unpaired) electrons. The minimum Gasteiger partial charge on any atom is -0.277 e. The average molecular weight is 212 g/mol. The van der Waals surface area contributed by atoms with Crippen molar-refractivity contribution in [3.8, 4) is 0 Å². The van der Waals surface area contributed by atoms with Crippen LogP contribution in [0.15, 0.2) is 0 Å². The zero-order chi connectivity index (χ0) is 11.6. The molecule has 0 aliphatic carbocycles.